The highest BCUT2D eigenvalue weighted by atomic mass is 35.5. The van der Waals surface area contributed by atoms with E-state index >= 15 is 0 Å². The molecule has 2 aromatic rings. The molecule has 0 saturated heterocycles. The van der Waals surface area contributed by atoms with Gasteiger partial charge in [-0.3, -0.25) is 9.59 Å². The predicted molar refractivity (Wildman–Crippen MR) is 74.2 cm³/mol. The molecule has 96 valence electrons. The van der Waals surface area contributed by atoms with E-state index in [0.29, 0.717) is 5.15 Å². The van der Waals surface area contributed by atoms with E-state index in [2.05, 4.69) is 9.97 Å². The fraction of sp³-hybridized carbons (Fsp3) is 0. The van der Waals surface area contributed by atoms with Gasteiger partial charge >= 0.3 is 0 Å². The van der Waals surface area contributed by atoms with Gasteiger partial charge in [-0.05, 0) is 0 Å². The maximum atomic E-state index is 10.8. The number of halogens is 4. The van der Waals surface area contributed by atoms with Gasteiger partial charge in [-0.25, -0.2) is 0 Å². The van der Waals surface area contributed by atoms with Crippen molar-refractivity contribution in [2.45, 2.75) is 0 Å². The molecule has 8 heteroatoms. The molecule has 2 heterocycles. The van der Waals surface area contributed by atoms with Gasteiger partial charge in [0.2, 0.25) is 5.43 Å². The number of rotatable bonds is 0. The summed E-state index contributed by atoms with van der Waals surface area (Å²) in [6.07, 6.45) is 2.79. The Bertz CT molecular complexity index is 651. The lowest BCUT2D eigenvalue weighted by Gasteiger charge is -1.93. The summed E-state index contributed by atoms with van der Waals surface area (Å²) in [4.78, 5) is 26.4. The first-order valence-corrected chi connectivity index (χ1v) is 5.99. The van der Waals surface area contributed by atoms with Crippen LogP contribution in [0.5, 0.6) is 0 Å². The van der Waals surface area contributed by atoms with Crippen molar-refractivity contribution in [1.29, 1.82) is 0 Å². The molecule has 0 bridgehead atoms. The van der Waals surface area contributed by atoms with Crippen LogP contribution in [0.1, 0.15) is 0 Å². The maximum absolute atomic E-state index is 10.8. The highest BCUT2D eigenvalue weighted by molar-refractivity contribution is 6.42. The lowest BCUT2D eigenvalue weighted by molar-refractivity contribution is 1.30. The van der Waals surface area contributed by atoms with Crippen LogP contribution in [0.25, 0.3) is 0 Å². The van der Waals surface area contributed by atoms with Gasteiger partial charge in [0.25, 0.3) is 0 Å². The van der Waals surface area contributed by atoms with Crippen molar-refractivity contribution in [2.24, 2.45) is 0 Å². The van der Waals surface area contributed by atoms with Gasteiger partial charge < -0.3 is 9.97 Å². The number of hydrogen-bond donors (Lipinski definition) is 2. The number of aromatic amines is 2. The second kappa shape index (κ2) is 6.85. The summed E-state index contributed by atoms with van der Waals surface area (Å²) in [7, 11) is 0. The normalized spacial score (nSPS) is 9.56. The number of nitrogens with one attached hydrogen (secondary N) is 2. The highest BCUT2D eigenvalue weighted by Crippen LogP contribution is 2.15. The number of pyridine rings is 2. The van der Waals surface area contributed by atoms with E-state index in [1.165, 1.54) is 24.5 Å². The molecule has 0 radical (unpaired) electrons. The molecule has 0 aromatic carbocycles. The van der Waals surface area contributed by atoms with Gasteiger partial charge in [-0.15, -0.1) is 0 Å². The van der Waals surface area contributed by atoms with Crippen molar-refractivity contribution < 1.29 is 0 Å². The molecule has 0 fully saturated rings. The number of aromatic nitrogens is 2. The molecule has 4 nitrogen and oxygen atoms in total. The largest absolute Gasteiger partial charge is 0.352 e. The van der Waals surface area contributed by atoms with Crippen LogP contribution in [-0.2, 0) is 0 Å². The lowest BCUT2D eigenvalue weighted by atomic mass is 10.5. The third kappa shape index (κ3) is 4.38. The SMILES string of the molecule is O=c1c(Cl)c[nH]c(Cl)c1Cl.O=c1cc[nH]c(Cl)c1. The summed E-state index contributed by atoms with van der Waals surface area (Å²) < 4.78 is 0. The van der Waals surface area contributed by atoms with E-state index in [1.54, 1.807) is 0 Å². The smallest absolute Gasteiger partial charge is 0.220 e. The van der Waals surface area contributed by atoms with Gasteiger partial charge in [0.15, 0.2) is 5.43 Å². The van der Waals surface area contributed by atoms with E-state index in [0.717, 1.165) is 0 Å². The second-order valence-corrected chi connectivity index (χ2v) is 4.54. The van der Waals surface area contributed by atoms with Gasteiger partial charge in [-0.1, -0.05) is 46.4 Å². The van der Waals surface area contributed by atoms with E-state index in [9.17, 15) is 9.59 Å². The van der Waals surface area contributed by atoms with Crippen LogP contribution in [-0.4, -0.2) is 9.97 Å². The first-order chi connectivity index (χ1) is 8.41. The third-order valence-corrected chi connectivity index (χ3v) is 2.93. The minimum absolute atomic E-state index is 0.0365. The Morgan fingerprint density at radius 1 is 1.00 bits per heavy atom. The zero-order valence-corrected chi connectivity index (χ0v) is 11.7. The maximum Gasteiger partial charge on any atom is 0.220 e. The summed E-state index contributed by atoms with van der Waals surface area (Å²) in [6.45, 7) is 0. The Balaban J connectivity index is 0.000000184. The van der Waals surface area contributed by atoms with Crippen molar-refractivity contribution in [3.8, 4) is 0 Å². The predicted octanol–water partition coefficient (Wildman–Crippen LogP) is 3.36. The van der Waals surface area contributed by atoms with Crippen molar-refractivity contribution in [2.75, 3.05) is 0 Å². The molecule has 2 rings (SSSR count). The Morgan fingerprint density at radius 3 is 2.11 bits per heavy atom. The van der Waals surface area contributed by atoms with Gasteiger partial charge in [0.05, 0.1) is 0 Å². The molecule has 0 amide bonds. The van der Waals surface area contributed by atoms with Crippen molar-refractivity contribution >= 4 is 46.4 Å². The molecule has 0 unspecified atom stereocenters. The van der Waals surface area contributed by atoms with E-state index in [4.69, 9.17) is 46.4 Å². The van der Waals surface area contributed by atoms with E-state index in [1.807, 2.05) is 0 Å². The van der Waals surface area contributed by atoms with Crippen LogP contribution in [0, 0.1) is 0 Å². The fourth-order valence-corrected chi connectivity index (χ4v) is 1.54. The van der Waals surface area contributed by atoms with Gasteiger partial charge in [0.1, 0.15) is 20.4 Å². The van der Waals surface area contributed by atoms with Crippen LogP contribution in [0.4, 0.5) is 0 Å². The minimum Gasteiger partial charge on any atom is -0.352 e. The van der Waals surface area contributed by atoms with Crippen molar-refractivity contribution in [1.82, 2.24) is 9.97 Å². The van der Waals surface area contributed by atoms with E-state index in [-0.39, 0.29) is 20.6 Å². The quantitative estimate of drug-likeness (QED) is 0.728. The fourth-order valence-electron chi connectivity index (χ4n) is 0.878. The number of hydrogen-bond acceptors (Lipinski definition) is 2. The molecular formula is C10H6Cl4N2O2. The Hall–Kier alpha value is -0.940. The lowest BCUT2D eigenvalue weighted by Crippen LogP contribution is -2.02. The van der Waals surface area contributed by atoms with E-state index < -0.39 is 5.43 Å². The monoisotopic (exact) mass is 326 g/mol. The van der Waals surface area contributed by atoms with Crippen LogP contribution in [0.3, 0.4) is 0 Å². The zero-order valence-electron chi connectivity index (χ0n) is 8.64. The Labute approximate surface area is 121 Å². The summed E-state index contributed by atoms with van der Waals surface area (Å²) in [5, 5.41) is 0.442. The van der Waals surface area contributed by atoms with Crippen molar-refractivity contribution in [3.63, 3.8) is 0 Å². The standard InChI is InChI=1S/C5H2Cl3NO.C5H4ClNO/c6-2-1-9-5(8)3(7)4(2)10;6-5-3-4(8)1-2-7-5/h1H,(H,9,10);1-3H,(H,7,8). The number of H-pyrrole nitrogens is 2. The van der Waals surface area contributed by atoms with Crippen LogP contribution in [0.15, 0.2) is 34.1 Å². The molecule has 2 N–H and O–H groups in total. The summed E-state index contributed by atoms with van der Waals surface area (Å²) >= 11 is 21.7. The molecule has 0 aliphatic heterocycles. The first-order valence-electron chi connectivity index (χ1n) is 4.48. The molecular weight excluding hydrogens is 322 g/mol. The Kier molecular flexibility index (Phi) is 5.75. The van der Waals surface area contributed by atoms with Gasteiger partial charge in [-0.2, -0.15) is 0 Å². The summed E-state index contributed by atoms with van der Waals surface area (Å²) in [5.74, 6) is 0. The van der Waals surface area contributed by atoms with Gasteiger partial charge in [0, 0.05) is 24.5 Å². The third-order valence-electron chi connectivity index (χ3n) is 1.67. The van der Waals surface area contributed by atoms with Crippen molar-refractivity contribution in [3.05, 3.63) is 65.3 Å². The first kappa shape index (κ1) is 15.1. The average Bonchev–Trinajstić information content (AvgIpc) is 2.32. The van der Waals surface area contributed by atoms with Crippen LogP contribution >= 0.6 is 46.4 Å². The second-order valence-electron chi connectivity index (χ2n) is 2.97. The van der Waals surface area contributed by atoms with Crippen LogP contribution in [0.2, 0.25) is 20.4 Å². The molecule has 2 aromatic heterocycles. The molecule has 0 saturated carbocycles. The van der Waals surface area contributed by atoms with Crippen LogP contribution < -0.4 is 10.9 Å². The molecule has 0 spiro atoms. The topological polar surface area (TPSA) is 65.7 Å². The average molecular weight is 328 g/mol. The highest BCUT2D eigenvalue weighted by Gasteiger charge is 2.04. The summed E-state index contributed by atoms with van der Waals surface area (Å²) in [5.41, 5.74) is -0.527. The summed E-state index contributed by atoms with van der Waals surface area (Å²) in [6, 6.07) is 2.73. The minimum atomic E-state index is -0.452. The zero-order chi connectivity index (χ0) is 13.7. The molecule has 0 aliphatic rings. The Morgan fingerprint density at radius 2 is 1.67 bits per heavy atom. The molecule has 0 aliphatic carbocycles. The molecule has 0 atom stereocenters. The molecule has 18 heavy (non-hydrogen) atoms.